The second-order valence-corrected chi connectivity index (χ2v) is 9.45. The fraction of sp³-hybridized carbons (Fsp3) is 0.409. The van der Waals surface area contributed by atoms with Gasteiger partial charge in [-0.1, -0.05) is 45.0 Å². The molecule has 0 bridgehead atoms. The second kappa shape index (κ2) is 10.9. The van der Waals surface area contributed by atoms with Crippen LogP contribution < -0.4 is 14.4 Å². The average Bonchev–Trinajstić information content (AvgIpc) is 2.74. The number of amides is 1. The summed E-state index contributed by atoms with van der Waals surface area (Å²) in [5.41, 5.74) is 0.855. The van der Waals surface area contributed by atoms with Gasteiger partial charge < -0.3 is 10.1 Å². The summed E-state index contributed by atoms with van der Waals surface area (Å²) in [4.78, 5) is 23.3. The number of nitro groups is 1. The van der Waals surface area contributed by atoms with Crippen LogP contribution in [0.3, 0.4) is 0 Å². The minimum absolute atomic E-state index is 0.0609. The Bertz CT molecular complexity index is 1060. The first-order chi connectivity index (χ1) is 15.1. The van der Waals surface area contributed by atoms with Crippen molar-refractivity contribution in [3.8, 4) is 5.75 Å². The molecular weight excluding hydrogens is 434 g/mol. The number of anilines is 1. The summed E-state index contributed by atoms with van der Waals surface area (Å²) in [5.74, 6) is 0.506. The molecule has 1 unspecified atom stereocenters. The zero-order chi connectivity index (χ0) is 23.9. The summed E-state index contributed by atoms with van der Waals surface area (Å²) in [6.07, 6.45) is 1.15. The zero-order valence-corrected chi connectivity index (χ0v) is 19.5. The Kier molecular flexibility index (Phi) is 8.59. The molecule has 0 aliphatic heterocycles. The van der Waals surface area contributed by atoms with Gasteiger partial charge in [-0.2, -0.15) is 0 Å². The van der Waals surface area contributed by atoms with Gasteiger partial charge in [0.05, 0.1) is 23.4 Å². The predicted octanol–water partition coefficient (Wildman–Crippen LogP) is 3.46. The molecule has 0 saturated heterocycles. The number of carbonyl (C=O) groups is 1. The second-order valence-electron chi connectivity index (χ2n) is 7.59. The summed E-state index contributed by atoms with van der Waals surface area (Å²) >= 11 is 0. The van der Waals surface area contributed by atoms with Crippen molar-refractivity contribution in [3.63, 3.8) is 0 Å². The quantitative estimate of drug-likeness (QED) is 0.310. The van der Waals surface area contributed by atoms with Gasteiger partial charge in [0.2, 0.25) is 15.9 Å². The van der Waals surface area contributed by atoms with Gasteiger partial charge in [0, 0.05) is 12.1 Å². The molecule has 1 atom stereocenters. The van der Waals surface area contributed by atoms with Crippen LogP contribution >= 0.6 is 0 Å². The molecule has 2 aromatic carbocycles. The summed E-state index contributed by atoms with van der Waals surface area (Å²) in [7, 11) is -3.89. The molecule has 0 fully saturated rings. The lowest BCUT2D eigenvalue weighted by atomic mass is 10.0. The van der Waals surface area contributed by atoms with Crippen molar-refractivity contribution in [1.82, 2.24) is 5.32 Å². The number of nitrogens with zero attached hydrogens (tertiary/aromatic N) is 2. The number of non-ortho nitro benzene ring substituents is 1. The molecular formula is C22H29N3O6S. The highest BCUT2D eigenvalue weighted by Gasteiger charge is 2.32. The van der Waals surface area contributed by atoms with Crippen LogP contribution in [0.15, 0.2) is 48.5 Å². The van der Waals surface area contributed by atoms with Crippen LogP contribution in [0, 0.1) is 10.1 Å². The van der Waals surface area contributed by atoms with E-state index in [2.05, 4.69) is 19.2 Å². The van der Waals surface area contributed by atoms with Gasteiger partial charge in [-0.3, -0.25) is 19.2 Å². The minimum atomic E-state index is -3.89. The maximum atomic E-state index is 12.8. The number of hydrogen-bond donors (Lipinski definition) is 1. The lowest BCUT2D eigenvalue weighted by molar-refractivity contribution is -0.384. The zero-order valence-electron chi connectivity index (χ0n) is 18.6. The van der Waals surface area contributed by atoms with Crippen LogP contribution in [0.25, 0.3) is 0 Å². The number of nitro benzene ring substituents is 1. The van der Waals surface area contributed by atoms with Crippen molar-refractivity contribution < 1.29 is 22.9 Å². The summed E-state index contributed by atoms with van der Waals surface area (Å²) in [6.45, 7) is 6.18. The number of hydrogen-bond acceptors (Lipinski definition) is 6. The van der Waals surface area contributed by atoms with Crippen molar-refractivity contribution >= 4 is 27.3 Å². The number of ether oxygens (including phenoxy) is 1. The fourth-order valence-corrected chi connectivity index (χ4v) is 4.55. The third-order valence-electron chi connectivity index (χ3n) is 4.82. The van der Waals surface area contributed by atoms with E-state index in [4.69, 9.17) is 4.74 Å². The van der Waals surface area contributed by atoms with E-state index in [-0.39, 0.29) is 36.9 Å². The maximum absolute atomic E-state index is 12.8. The minimum Gasteiger partial charge on any atom is -0.491 e. The van der Waals surface area contributed by atoms with Crippen molar-refractivity contribution in [2.24, 2.45) is 0 Å². The lowest BCUT2D eigenvalue weighted by Gasteiger charge is -2.30. The number of rotatable bonds is 11. The Balaban J connectivity index is 2.12. The Morgan fingerprint density at radius 1 is 1.19 bits per heavy atom. The first-order valence-electron chi connectivity index (χ1n) is 10.3. The van der Waals surface area contributed by atoms with Crippen molar-refractivity contribution in [2.75, 3.05) is 23.7 Å². The van der Waals surface area contributed by atoms with E-state index in [1.165, 1.54) is 18.2 Å². The molecule has 10 heteroatoms. The van der Waals surface area contributed by atoms with Gasteiger partial charge in [-0.05, 0) is 30.0 Å². The number of carbonyl (C=O) groups excluding carboxylic acids is 1. The highest BCUT2D eigenvalue weighted by molar-refractivity contribution is 7.92. The topological polar surface area (TPSA) is 119 Å². The van der Waals surface area contributed by atoms with Crippen molar-refractivity contribution in [3.05, 3.63) is 64.2 Å². The molecule has 2 aromatic rings. The van der Waals surface area contributed by atoms with Crippen LogP contribution in [0.2, 0.25) is 0 Å². The smallest absolute Gasteiger partial charge is 0.271 e. The molecule has 0 radical (unpaired) electrons. The molecule has 1 N–H and O–H groups in total. The molecule has 0 aliphatic carbocycles. The molecule has 0 aliphatic rings. The molecule has 0 saturated carbocycles. The van der Waals surface area contributed by atoms with Crippen molar-refractivity contribution in [2.45, 2.75) is 39.2 Å². The average molecular weight is 464 g/mol. The number of nitrogens with one attached hydrogen (secondary N) is 1. The SMILES string of the molecule is CCC(C(=O)NCCOc1ccccc1C(C)C)N(c1cccc([N+](=O)[O-])c1)S(C)(=O)=O. The molecule has 174 valence electrons. The van der Waals surface area contributed by atoms with E-state index in [1.807, 2.05) is 24.3 Å². The Hall–Kier alpha value is -3.14. The van der Waals surface area contributed by atoms with E-state index >= 15 is 0 Å². The van der Waals surface area contributed by atoms with Gasteiger partial charge >= 0.3 is 0 Å². The normalized spacial score (nSPS) is 12.3. The number of benzene rings is 2. The molecule has 2 rings (SSSR count). The summed E-state index contributed by atoms with van der Waals surface area (Å²) in [5, 5.41) is 13.8. The van der Waals surface area contributed by atoms with Crippen LogP contribution in [0.4, 0.5) is 11.4 Å². The van der Waals surface area contributed by atoms with Crippen LogP contribution in [-0.2, 0) is 14.8 Å². The molecule has 32 heavy (non-hydrogen) atoms. The molecule has 1 amide bonds. The standard InChI is InChI=1S/C22H29N3O6S/c1-5-20(24(32(4,29)30)17-9-8-10-18(15-17)25(27)28)22(26)23-13-14-31-21-12-7-6-11-19(21)16(2)3/h6-12,15-16,20H,5,13-14H2,1-4H3,(H,23,26). The monoisotopic (exact) mass is 463 g/mol. The van der Waals surface area contributed by atoms with E-state index in [0.717, 1.165) is 27.9 Å². The number of para-hydroxylation sites is 1. The largest absolute Gasteiger partial charge is 0.491 e. The molecule has 0 spiro atoms. The Morgan fingerprint density at radius 3 is 2.47 bits per heavy atom. The molecule has 0 heterocycles. The van der Waals surface area contributed by atoms with Gasteiger partial charge in [-0.15, -0.1) is 0 Å². The van der Waals surface area contributed by atoms with E-state index < -0.39 is 26.9 Å². The Morgan fingerprint density at radius 2 is 1.88 bits per heavy atom. The van der Waals surface area contributed by atoms with E-state index in [0.29, 0.717) is 0 Å². The van der Waals surface area contributed by atoms with Gasteiger partial charge in [0.15, 0.2) is 0 Å². The molecule has 9 nitrogen and oxygen atoms in total. The third kappa shape index (κ3) is 6.43. The van der Waals surface area contributed by atoms with Gasteiger partial charge in [0.25, 0.3) is 5.69 Å². The Labute approximate surface area is 188 Å². The summed E-state index contributed by atoms with van der Waals surface area (Å²) < 4.78 is 31.7. The maximum Gasteiger partial charge on any atom is 0.271 e. The van der Waals surface area contributed by atoms with Gasteiger partial charge in [-0.25, -0.2) is 8.42 Å². The lowest BCUT2D eigenvalue weighted by Crippen LogP contribution is -2.50. The molecule has 0 aromatic heterocycles. The fourth-order valence-electron chi connectivity index (χ4n) is 3.35. The van der Waals surface area contributed by atoms with E-state index in [1.54, 1.807) is 6.92 Å². The number of sulfonamides is 1. The first-order valence-corrected chi connectivity index (χ1v) is 12.1. The van der Waals surface area contributed by atoms with E-state index in [9.17, 15) is 23.3 Å². The van der Waals surface area contributed by atoms with Gasteiger partial charge in [0.1, 0.15) is 18.4 Å². The highest BCUT2D eigenvalue weighted by atomic mass is 32.2. The van der Waals surface area contributed by atoms with Crippen LogP contribution in [-0.4, -0.2) is 44.7 Å². The van der Waals surface area contributed by atoms with Crippen molar-refractivity contribution in [1.29, 1.82) is 0 Å². The summed E-state index contributed by atoms with van der Waals surface area (Å²) in [6, 6.07) is 11.8. The van der Waals surface area contributed by atoms with Crippen LogP contribution in [0.1, 0.15) is 38.7 Å². The predicted molar refractivity (Wildman–Crippen MR) is 124 cm³/mol. The first kappa shape index (κ1) is 25.1. The highest BCUT2D eigenvalue weighted by Crippen LogP contribution is 2.27. The third-order valence-corrected chi connectivity index (χ3v) is 6.00. The van der Waals surface area contributed by atoms with Crippen LogP contribution in [0.5, 0.6) is 5.75 Å².